The summed E-state index contributed by atoms with van der Waals surface area (Å²) in [5, 5.41) is 3.29. The summed E-state index contributed by atoms with van der Waals surface area (Å²) in [4.78, 5) is 32.8. The number of nitrogens with zero attached hydrogens (tertiary/aromatic N) is 4. The SMILES string of the molecule is CCc1cc(OC)nc(N[C@H](C(=O)N2CCC[C@H]2c2ncc(-c3ccc(C)cc3)[nH]2)C(C)C)n1. The quantitative estimate of drug-likeness (QED) is 0.510. The molecule has 2 N–H and O–H groups in total. The maximum Gasteiger partial charge on any atom is 0.246 e. The van der Waals surface area contributed by atoms with Gasteiger partial charge >= 0.3 is 0 Å². The molecule has 0 bridgehead atoms. The number of likely N-dealkylation sites (tertiary alicyclic amines) is 1. The van der Waals surface area contributed by atoms with Crippen molar-refractivity contribution in [3.05, 3.63) is 53.6 Å². The monoisotopic (exact) mass is 462 g/mol. The Morgan fingerprint density at radius 3 is 2.71 bits per heavy atom. The molecule has 0 aliphatic carbocycles. The Morgan fingerprint density at radius 2 is 2.03 bits per heavy atom. The van der Waals surface area contributed by atoms with Gasteiger partial charge in [-0.25, -0.2) is 9.97 Å². The molecule has 4 rings (SSSR count). The van der Waals surface area contributed by atoms with Gasteiger partial charge in [0.15, 0.2) is 0 Å². The zero-order valence-corrected chi connectivity index (χ0v) is 20.6. The molecule has 1 fully saturated rings. The van der Waals surface area contributed by atoms with Crippen molar-refractivity contribution in [2.24, 2.45) is 5.92 Å². The molecular formula is C26H34N6O2. The lowest BCUT2D eigenvalue weighted by atomic mass is 10.0. The van der Waals surface area contributed by atoms with Crippen molar-refractivity contribution in [1.82, 2.24) is 24.8 Å². The predicted octanol–water partition coefficient (Wildman–Crippen LogP) is 4.55. The number of ether oxygens (including phenoxy) is 1. The predicted molar refractivity (Wildman–Crippen MR) is 133 cm³/mol. The summed E-state index contributed by atoms with van der Waals surface area (Å²) in [5.41, 5.74) is 4.13. The number of anilines is 1. The Bertz CT molecular complexity index is 1100. The fraction of sp³-hybridized carbons (Fsp3) is 0.462. The summed E-state index contributed by atoms with van der Waals surface area (Å²) >= 11 is 0. The summed E-state index contributed by atoms with van der Waals surface area (Å²) < 4.78 is 5.32. The Morgan fingerprint density at radius 1 is 1.26 bits per heavy atom. The molecule has 1 saturated heterocycles. The minimum atomic E-state index is -0.455. The first-order chi connectivity index (χ1) is 16.4. The number of amides is 1. The third kappa shape index (κ3) is 5.05. The van der Waals surface area contributed by atoms with Gasteiger partial charge in [-0.3, -0.25) is 4.79 Å². The molecule has 0 radical (unpaired) electrons. The van der Waals surface area contributed by atoms with Crippen LogP contribution in [0, 0.1) is 12.8 Å². The lowest BCUT2D eigenvalue weighted by Crippen LogP contribution is -2.45. The second-order valence-corrected chi connectivity index (χ2v) is 9.18. The van der Waals surface area contributed by atoms with Gasteiger partial charge in [0.1, 0.15) is 11.9 Å². The molecule has 3 aromatic rings. The highest BCUT2D eigenvalue weighted by atomic mass is 16.5. The van der Waals surface area contributed by atoms with E-state index in [-0.39, 0.29) is 17.9 Å². The van der Waals surface area contributed by atoms with Crippen molar-refractivity contribution >= 4 is 11.9 Å². The maximum atomic E-state index is 13.7. The Kier molecular flexibility index (Phi) is 7.14. The molecule has 2 aromatic heterocycles. The first-order valence-corrected chi connectivity index (χ1v) is 12.0. The van der Waals surface area contributed by atoms with Crippen LogP contribution in [0.3, 0.4) is 0 Å². The lowest BCUT2D eigenvalue weighted by Gasteiger charge is -2.30. The highest BCUT2D eigenvalue weighted by Gasteiger charge is 2.37. The number of aryl methyl sites for hydroxylation is 2. The van der Waals surface area contributed by atoms with Crippen LogP contribution in [0.2, 0.25) is 0 Å². The van der Waals surface area contributed by atoms with E-state index in [0.717, 1.165) is 42.0 Å². The number of hydrogen-bond donors (Lipinski definition) is 2. The lowest BCUT2D eigenvalue weighted by molar-refractivity contribution is -0.134. The van der Waals surface area contributed by atoms with E-state index in [4.69, 9.17) is 4.74 Å². The van der Waals surface area contributed by atoms with Crippen molar-refractivity contribution in [1.29, 1.82) is 0 Å². The molecule has 0 spiro atoms. The van der Waals surface area contributed by atoms with Gasteiger partial charge in [-0.2, -0.15) is 4.98 Å². The molecule has 8 heteroatoms. The molecule has 2 atom stereocenters. The number of aromatic amines is 1. The van der Waals surface area contributed by atoms with Gasteiger partial charge in [-0.15, -0.1) is 0 Å². The number of benzene rings is 1. The van der Waals surface area contributed by atoms with Crippen molar-refractivity contribution in [3.63, 3.8) is 0 Å². The van der Waals surface area contributed by atoms with Crippen molar-refractivity contribution < 1.29 is 9.53 Å². The first kappa shape index (κ1) is 23.7. The summed E-state index contributed by atoms with van der Waals surface area (Å²) in [6.45, 7) is 8.87. The van der Waals surface area contributed by atoms with Gasteiger partial charge in [-0.1, -0.05) is 50.6 Å². The molecule has 0 unspecified atom stereocenters. The van der Waals surface area contributed by atoms with Crippen LogP contribution in [-0.4, -0.2) is 50.4 Å². The zero-order chi connectivity index (χ0) is 24.2. The summed E-state index contributed by atoms with van der Waals surface area (Å²) in [7, 11) is 1.58. The topological polar surface area (TPSA) is 96.0 Å². The number of methoxy groups -OCH3 is 1. The van der Waals surface area contributed by atoms with Crippen LogP contribution in [0.1, 0.15) is 56.7 Å². The number of imidazole rings is 1. The molecule has 8 nitrogen and oxygen atoms in total. The Hall–Kier alpha value is -3.42. The Balaban J connectivity index is 1.55. The largest absolute Gasteiger partial charge is 0.481 e. The molecule has 1 aliphatic rings. The highest BCUT2D eigenvalue weighted by Crippen LogP contribution is 2.33. The number of rotatable bonds is 8. The third-order valence-corrected chi connectivity index (χ3v) is 6.35. The first-order valence-electron chi connectivity index (χ1n) is 12.0. The van der Waals surface area contributed by atoms with Crippen LogP contribution in [0.4, 0.5) is 5.95 Å². The normalized spacial score (nSPS) is 16.6. The van der Waals surface area contributed by atoms with Crippen molar-refractivity contribution in [3.8, 4) is 17.1 Å². The number of carbonyl (C=O) groups is 1. The molecule has 0 saturated carbocycles. The van der Waals surface area contributed by atoms with Gasteiger partial charge in [0.2, 0.25) is 17.7 Å². The van der Waals surface area contributed by atoms with Gasteiger partial charge in [0.05, 0.1) is 25.0 Å². The smallest absolute Gasteiger partial charge is 0.246 e. The van der Waals surface area contributed by atoms with E-state index in [1.807, 2.05) is 37.9 Å². The van der Waals surface area contributed by atoms with Crippen LogP contribution in [0.25, 0.3) is 11.3 Å². The second kappa shape index (κ2) is 10.2. The molecule has 1 aromatic carbocycles. The van der Waals surface area contributed by atoms with Crippen LogP contribution < -0.4 is 10.1 Å². The Labute approximate surface area is 201 Å². The van der Waals surface area contributed by atoms with E-state index in [1.165, 1.54) is 5.56 Å². The standard InChI is InChI=1S/C26H34N6O2/c1-6-19-14-22(34-5)30-26(28-19)31-23(16(2)3)25(33)32-13-7-8-21(32)24-27-15-20(29-24)18-11-9-17(4)10-12-18/h9-12,14-16,21,23H,6-8,13H2,1-5H3,(H,27,29)(H,28,30,31)/t21-,23-/m0/s1. The van der Waals surface area contributed by atoms with E-state index in [2.05, 4.69) is 56.4 Å². The van der Waals surface area contributed by atoms with E-state index in [9.17, 15) is 4.79 Å². The van der Waals surface area contributed by atoms with E-state index < -0.39 is 6.04 Å². The fourth-order valence-electron chi connectivity index (χ4n) is 4.35. The van der Waals surface area contributed by atoms with Gasteiger partial charge in [-0.05, 0) is 37.7 Å². The van der Waals surface area contributed by atoms with E-state index >= 15 is 0 Å². The molecule has 1 aliphatic heterocycles. The average molecular weight is 463 g/mol. The third-order valence-electron chi connectivity index (χ3n) is 6.35. The van der Waals surface area contributed by atoms with Crippen LogP contribution in [0.5, 0.6) is 5.88 Å². The van der Waals surface area contributed by atoms with Gasteiger partial charge < -0.3 is 19.9 Å². The number of nitrogens with one attached hydrogen (secondary N) is 2. The fourth-order valence-corrected chi connectivity index (χ4v) is 4.35. The van der Waals surface area contributed by atoms with Crippen LogP contribution in [0.15, 0.2) is 36.5 Å². The van der Waals surface area contributed by atoms with Crippen molar-refractivity contribution in [2.45, 2.75) is 59.0 Å². The summed E-state index contributed by atoms with van der Waals surface area (Å²) in [6.07, 6.45) is 4.43. The molecule has 34 heavy (non-hydrogen) atoms. The minimum absolute atomic E-state index is 0.0373. The molecule has 1 amide bonds. The number of hydrogen-bond acceptors (Lipinski definition) is 6. The van der Waals surface area contributed by atoms with E-state index in [0.29, 0.717) is 18.4 Å². The van der Waals surface area contributed by atoms with Crippen LogP contribution >= 0.6 is 0 Å². The number of H-pyrrole nitrogens is 1. The summed E-state index contributed by atoms with van der Waals surface area (Å²) in [6, 6.07) is 9.63. The van der Waals surface area contributed by atoms with Gasteiger partial charge in [0, 0.05) is 18.3 Å². The maximum absolute atomic E-state index is 13.7. The number of aromatic nitrogens is 4. The summed E-state index contributed by atoms with van der Waals surface area (Å²) in [5.74, 6) is 1.82. The molecule has 180 valence electrons. The van der Waals surface area contributed by atoms with Crippen molar-refractivity contribution in [2.75, 3.05) is 19.0 Å². The average Bonchev–Trinajstić information content (AvgIpc) is 3.52. The minimum Gasteiger partial charge on any atom is -0.481 e. The van der Waals surface area contributed by atoms with E-state index in [1.54, 1.807) is 7.11 Å². The zero-order valence-electron chi connectivity index (χ0n) is 20.6. The number of carbonyl (C=O) groups excluding carboxylic acids is 1. The molecular weight excluding hydrogens is 428 g/mol. The van der Waals surface area contributed by atoms with Crippen LogP contribution in [-0.2, 0) is 11.2 Å². The second-order valence-electron chi connectivity index (χ2n) is 9.18. The molecule has 3 heterocycles. The highest BCUT2D eigenvalue weighted by molar-refractivity contribution is 5.85. The van der Waals surface area contributed by atoms with Gasteiger partial charge in [0.25, 0.3) is 0 Å².